The largest absolute Gasteiger partial charge is 0.497 e. The van der Waals surface area contributed by atoms with Crippen LogP contribution in [-0.4, -0.2) is 73.0 Å². The van der Waals surface area contributed by atoms with E-state index < -0.39 is 5.97 Å². The van der Waals surface area contributed by atoms with Crippen molar-refractivity contribution in [2.24, 2.45) is 14.1 Å². The number of aryl methyl sites for hydroxylation is 4. The lowest BCUT2D eigenvalue weighted by Crippen LogP contribution is -2.23. The van der Waals surface area contributed by atoms with Gasteiger partial charge in [-0.1, -0.05) is 48.0 Å². The molecule has 0 atom stereocenters. The quantitative estimate of drug-likeness (QED) is 0.0614. The highest BCUT2D eigenvalue weighted by atomic mass is 35.5. The molecule has 0 radical (unpaired) electrons. The number of aliphatic hydroxyl groups is 1. The zero-order valence-corrected chi connectivity index (χ0v) is 40.0. The minimum atomic E-state index is -0.429. The molecule has 4 aromatic heterocycles. The lowest BCUT2D eigenvalue weighted by molar-refractivity contribution is 0.0589. The van der Waals surface area contributed by atoms with Crippen LogP contribution in [0.25, 0.3) is 32.9 Å². The average Bonchev–Trinajstić information content (AvgIpc) is 4.11. The fourth-order valence-electron chi connectivity index (χ4n) is 9.24. The predicted molar refractivity (Wildman–Crippen MR) is 262 cm³/mol. The minimum absolute atomic E-state index is 0.00441. The van der Waals surface area contributed by atoms with Crippen LogP contribution in [0, 0.1) is 0 Å². The third-order valence-electron chi connectivity index (χ3n) is 12.5. The molecule has 1 aliphatic rings. The summed E-state index contributed by atoms with van der Waals surface area (Å²) in [5.74, 6) is 2.59. The van der Waals surface area contributed by atoms with E-state index in [1.165, 1.54) is 7.11 Å². The van der Waals surface area contributed by atoms with E-state index in [9.17, 15) is 9.90 Å². The summed E-state index contributed by atoms with van der Waals surface area (Å²) >= 11 is 9.00. The average molecular weight is 941 g/mol. The molecule has 1 N–H and O–H groups in total. The summed E-state index contributed by atoms with van der Waals surface area (Å²) in [6.07, 6.45) is 4.64. The third kappa shape index (κ3) is 9.62. The highest BCUT2D eigenvalue weighted by Gasteiger charge is 2.31. The molecule has 0 fully saturated rings. The van der Waals surface area contributed by atoms with Crippen molar-refractivity contribution in [1.82, 2.24) is 34.0 Å². The van der Waals surface area contributed by atoms with Gasteiger partial charge in [0.05, 0.1) is 43.3 Å². The summed E-state index contributed by atoms with van der Waals surface area (Å²) in [4.78, 5) is 21.5. The standard InChI is InChI=1S/C52H54ClN7O6S/c1-57-50-42(41(10-8-24-61)51(57)52(62)65-5)20-21-43(53)47(50)48-44(56-60-23-7-11-45(48)60)30-59(28-33-12-16-38(63-3)17-13-33)29-36-26-37(58(2)55-36)32-67-40-25-35-9-6-22-54-49(35)46(27-40)66-31-34-14-18-39(64-4)19-15-34/h6,9,12-22,25-27,61H,7-8,10-11,23-24,28-32H2,1-5H3. The maximum Gasteiger partial charge on any atom is 0.354 e. The van der Waals surface area contributed by atoms with Crippen molar-refractivity contribution < 1.29 is 28.8 Å². The van der Waals surface area contributed by atoms with Crippen LogP contribution in [0.5, 0.6) is 17.2 Å². The van der Waals surface area contributed by atoms with E-state index in [4.69, 9.17) is 40.7 Å². The molecule has 0 saturated heterocycles. The number of carbonyl (C=O) groups excluding carboxylic acids is 1. The van der Waals surface area contributed by atoms with Gasteiger partial charge in [0, 0.05) is 97.0 Å². The molecule has 13 nitrogen and oxygen atoms in total. The molecule has 4 aromatic carbocycles. The number of fused-ring (bicyclic) bond motifs is 3. The highest BCUT2D eigenvalue weighted by Crippen LogP contribution is 2.44. The summed E-state index contributed by atoms with van der Waals surface area (Å²) in [6, 6.07) is 30.4. The SMILES string of the molecule is COC(=O)c1c(CCCO)c2ccc(Cl)c(-c3c(CN(Cc4ccc(OC)cc4)Cc4cc(CSc5cc(OCc6ccc(OC)cc6)c6ncccc6c5)n(C)n4)nn4c3CCC4)c2n1C. The Balaban J connectivity index is 1.02. The summed E-state index contributed by atoms with van der Waals surface area (Å²) in [5.41, 5.74) is 11.0. The van der Waals surface area contributed by atoms with Gasteiger partial charge in [-0.25, -0.2) is 4.79 Å². The third-order valence-corrected chi connectivity index (χ3v) is 13.8. The lowest BCUT2D eigenvalue weighted by atomic mass is 9.96. The van der Waals surface area contributed by atoms with E-state index in [0.717, 1.165) is 114 Å². The predicted octanol–water partition coefficient (Wildman–Crippen LogP) is 9.73. The Labute approximate surface area is 399 Å². The Hall–Kier alpha value is -6.32. The van der Waals surface area contributed by atoms with Crippen LogP contribution in [0.4, 0.5) is 0 Å². The topological polar surface area (TPSA) is 131 Å². The van der Waals surface area contributed by atoms with Gasteiger partial charge in [0.2, 0.25) is 0 Å². The molecule has 5 heterocycles. The van der Waals surface area contributed by atoms with Gasteiger partial charge >= 0.3 is 5.97 Å². The number of aliphatic hydroxyl groups excluding tert-OH is 1. The molecule has 15 heteroatoms. The molecule has 0 spiro atoms. The fourth-order valence-corrected chi connectivity index (χ4v) is 10.5. The first-order valence-corrected chi connectivity index (χ1v) is 23.7. The van der Waals surface area contributed by atoms with Crippen LogP contribution in [-0.2, 0) is 70.2 Å². The van der Waals surface area contributed by atoms with Gasteiger partial charge in [-0.15, -0.1) is 11.8 Å². The molecule has 346 valence electrons. The van der Waals surface area contributed by atoms with Crippen LogP contribution in [0.2, 0.25) is 5.02 Å². The van der Waals surface area contributed by atoms with Gasteiger partial charge in [-0.2, -0.15) is 10.2 Å². The minimum Gasteiger partial charge on any atom is -0.497 e. The molecule has 0 saturated carbocycles. The van der Waals surface area contributed by atoms with Gasteiger partial charge in [-0.05, 0) is 97.0 Å². The number of aromatic nitrogens is 6. The molecule has 0 amide bonds. The Kier molecular flexibility index (Phi) is 13.9. The van der Waals surface area contributed by atoms with Crippen LogP contribution in [0.3, 0.4) is 0 Å². The fraction of sp³-hybridized carbons (Fsp3) is 0.308. The van der Waals surface area contributed by atoms with Crippen molar-refractivity contribution in [1.29, 1.82) is 0 Å². The molecular weight excluding hydrogens is 886 g/mol. The summed E-state index contributed by atoms with van der Waals surface area (Å²) in [5, 5.41) is 22.7. The van der Waals surface area contributed by atoms with Crippen molar-refractivity contribution >= 4 is 51.1 Å². The molecule has 67 heavy (non-hydrogen) atoms. The number of ether oxygens (including phenoxy) is 4. The van der Waals surface area contributed by atoms with Crippen LogP contribution in [0.1, 0.15) is 62.8 Å². The molecular formula is C52H54ClN7O6S. The number of esters is 1. The van der Waals surface area contributed by atoms with Crippen molar-refractivity contribution in [2.45, 2.75) is 69.1 Å². The van der Waals surface area contributed by atoms with Crippen LogP contribution >= 0.6 is 23.4 Å². The van der Waals surface area contributed by atoms with Crippen molar-refractivity contribution in [3.05, 3.63) is 147 Å². The molecule has 1 aliphatic heterocycles. The lowest BCUT2D eigenvalue weighted by Gasteiger charge is -2.22. The molecule has 0 aliphatic carbocycles. The van der Waals surface area contributed by atoms with Crippen LogP contribution < -0.4 is 14.2 Å². The van der Waals surface area contributed by atoms with Gasteiger partial charge < -0.3 is 28.6 Å². The normalized spacial score (nSPS) is 12.4. The molecule has 0 bridgehead atoms. The molecule has 8 aromatic rings. The number of hydrogen-bond acceptors (Lipinski definition) is 11. The van der Waals surface area contributed by atoms with E-state index in [1.54, 1.807) is 32.2 Å². The van der Waals surface area contributed by atoms with Gasteiger partial charge in [0.1, 0.15) is 35.1 Å². The Bertz CT molecular complexity index is 3050. The van der Waals surface area contributed by atoms with E-state index in [-0.39, 0.29) is 6.61 Å². The molecule has 0 unspecified atom stereocenters. The number of methoxy groups -OCH3 is 3. The zero-order chi connectivity index (χ0) is 46.6. The Morgan fingerprint density at radius 1 is 0.881 bits per heavy atom. The first-order valence-electron chi connectivity index (χ1n) is 22.4. The van der Waals surface area contributed by atoms with Gasteiger partial charge in [0.15, 0.2) is 0 Å². The van der Waals surface area contributed by atoms with E-state index in [0.29, 0.717) is 55.6 Å². The Morgan fingerprint density at radius 3 is 2.37 bits per heavy atom. The smallest absolute Gasteiger partial charge is 0.354 e. The monoisotopic (exact) mass is 939 g/mol. The first-order chi connectivity index (χ1) is 32.7. The maximum atomic E-state index is 13.4. The number of carbonyl (C=O) groups is 1. The summed E-state index contributed by atoms with van der Waals surface area (Å²) in [7, 11) is 8.62. The maximum absolute atomic E-state index is 13.4. The second kappa shape index (κ2) is 20.3. The first kappa shape index (κ1) is 45.8. The second-order valence-corrected chi connectivity index (χ2v) is 18.2. The van der Waals surface area contributed by atoms with Gasteiger partial charge in [-0.3, -0.25) is 19.2 Å². The number of hydrogen-bond donors (Lipinski definition) is 1. The van der Waals surface area contributed by atoms with Crippen molar-refractivity contribution in [3.63, 3.8) is 0 Å². The van der Waals surface area contributed by atoms with E-state index >= 15 is 0 Å². The number of nitrogens with zero attached hydrogens (tertiary/aromatic N) is 7. The van der Waals surface area contributed by atoms with Crippen molar-refractivity contribution in [3.8, 4) is 28.4 Å². The second-order valence-electron chi connectivity index (χ2n) is 16.8. The number of thioether (sulfide) groups is 1. The number of benzene rings is 4. The highest BCUT2D eigenvalue weighted by molar-refractivity contribution is 7.98. The Morgan fingerprint density at radius 2 is 1.64 bits per heavy atom. The van der Waals surface area contributed by atoms with E-state index in [1.807, 2.05) is 77.9 Å². The zero-order valence-electron chi connectivity index (χ0n) is 38.4. The summed E-state index contributed by atoms with van der Waals surface area (Å²) < 4.78 is 28.5. The van der Waals surface area contributed by atoms with Crippen molar-refractivity contribution in [2.75, 3.05) is 27.9 Å². The number of rotatable bonds is 19. The molecule has 9 rings (SSSR count). The van der Waals surface area contributed by atoms with E-state index in [2.05, 4.69) is 51.0 Å². The van der Waals surface area contributed by atoms with Crippen LogP contribution in [0.15, 0.2) is 102 Å². The summed E-state index contributed by atoms with van der Waals surface area (Å²) in [6.45, 7) is 2.90. The number of halogens is 1. The number of pyridine rings is 1. The van der Waals surface area contributed by atoms with Gasteiger partial charge in [0.25, 0.3) is 0 Å².